The van der Waals surface area contributed by atoms with Crippen molar-refractivity contribution in [3.63, 3.8) is 0 Å². The summed E-state index contributed by atoms with van der Waals surface area (Å²) in [4.78, 5) is 12.8. The minimum Gasteiger partial charge on any atom is -0.392 e. The summed E-state index contributed by atoms with van der Waals surface area (Å²) < 4.78 is 0. The van der Waals surface area contributed by atoms with Crippen LogP contribution in [-0.2, 0) is 4.79 Å². The summed E-state index contributed by atoms with van der Waals surface area (Å²) in [6.45, 7) is 4.20. The zero-order valence-corrected chi connectivity index (χ0v) is 7.62. The highest BCUT2D eigenvalue weighted by Crippen LogP contribution is 2.09. The maximum atomic E-state index is 10.7. The number of ketones is 1. The molecule has 1 aliphatic rings. The summed E-state index contributed by atoms with van der Waals surface area (Å²) in [5.74, 6) is 0.232. The lowest BCUT2D eigenvalue weighted by molar-refractivity contribution is -0.117. The van der Waals surface area contributed by atoms with Crippen molar-refractivity contribution in [1.82, 2.24) is 4.90 Å². The van der Waals surface area contributed by atoms with E-state index in [0.29, 0.717) is 6.42 Å². The van der Waals surface area contributed by atoms with E-state index >= 15 is 0 Å². The minimum absolute atomic E-state index is 0.175. The number of aliphatic hydroxyl groups excluding tert-OH is 1. The van der Waals surface area contributed by atoms with Gasteiger partial charge in [0.1, 0.15) is 5.78 Å². The molecule has 0 saturated carbocycles. The molecule has 1 saturated heterocycles. The van der Waals surface area contributed by atoms with E-state index in [0.717, 1.165) is 32.5 Å². The number of hydrogen-bond donors (Lipinski definition) is 1. The van der Waals surface area contributed by atoms with Gasteiger partial charge in [0.05, 0.1) is 6.10 Å². The van der Waals surface area contributed by atoms with E-state index < -0.39 is 0 Å². The van der Waals surface area contributed by atoms with Crippen molar-refractivity contribution in [2.45, 2.75) is 32.3 Å². The number of Topliss-reactive ketones (excluding diaryl/α,β-unsaturated/α-hetero) is 1. The molecule has 1 aliphatic heterocycles. The van der Waals surface area contributed by atoms with Crippen LogP contribution in [0, 0.1) is 0 Å². The van der Waals surface area contributed by atoms with Gasteiger partial charge in [0, 0.05) is 19.5 Å². The third-order valence-electron chi connectivity index (χ3n) is 2.26. The van der Waals surface area contributed by atoms with Gasteiger partial charge in [-0.05, 0) is 26.3 Å². The summed E-state index contributed by atoms with van der Waals surface area (Å²) in [6.07, 6.45) is 2.41. The predicted octanol–water partition coefficient (Wildman–Crippen LogP) is 0.422. The van der Waals surface area contributed by atoms with Gasteiger partial charge < -0.3 is 10.0 Å². The Morgan fingerprint density at radius 2 is 2.42 bits per heavy atom. The van der Waals surface area contributed by atoms with E-state index in [1.54, 1.807) is 6.92 Å². The molecule has 0 amide bonds. The standard InChI is InChI=1S/C9H17NO2/c1-8(11)4-6-10-5-2-3-9(12)7-10/h9,12H,2-7H2,1H3/t9-/m0/s1. The second kappa shape index (κ2) is 4.58. The molecule has 1 atom stereocenters. The topological polar surface area (TPSA) is 40.5 Å². The van der Waals surface area contributed by atoms with Crippen molar-refractivity contribution in [2.24, 2.45) is 0 Å². The van der Waals surface area contributed by atoms with Crippen LogP contribution >= 0.6 is 0 Å². The number of nitrogens with zero attached hydrogens (tertiary/aromatic N) is 1. The monoisotopic (exact) mass is 171 g/mol. The Bertz CT molecular complexity index is 159. The molecule has 1 rings (SSSR count). The minimum atomic E-state index is -0.175. The van der Waals surface area contributed by atoms with Gasteiger partial charge >= 0.3 is 0 Å². The van der Waals surface area contributed by atoms with E-state index in [2.05, 4.69) is 4.90 Å². The molecule has 12 heavy (non-hydrogen) atoms. The Morgan fingerprint density at radius 3 is 3.00 bits per heavy atom. The number of β-amino-alcohol motifs (C(OH)–C–C–N with tert-alkyl or cyclic N) is 1. The first-order valence-electron chi connectivity index (χ1n) is 4.58. The molecule has 3 nitrogen and oxygen atoms in total. The van der Waals surface area contributed by atoms with Crippen LogP contribution in [0.15, 0.2) is 0 Å². The number of aliphatic hydroxyl groups is 1. The summed E-state index contributed by atoms with van der Waals surface area (Å²) in [5.41, 5.74) is 0. The Balaban J connectivity index is 2.18. The molecule has 1 fully saturated rings. The predicted molar refractivity (Wildman–Crippen MR) is 47.0 cm³/mol. The molecule has 0 unspecified atom stereocenters. The van der Waals surface area contributed by atoms with Gasteiger partial charge in [0.25, 0.3) is 0 Å². The molecule has 0 bridgehead atoms. The molecule has 0 spiro atoms. The van der Waals surface area contributed by atoms with Gasteiger partial charge in [-0.15, -0.1) is 0 Å². The second-order valence-electron chi connectivity index (χ2n) is 3.55. The Morgan fingerprint density at radius 1 is 1.67 bits per heavy atom. The quantitative estimate of drug-likeness (QED) is 0.669. The van der Waals surface area contributed by atoms with E-state index in [9.17, 15) is 9.90 Å². The zero-order chi connectivity index (χ0) is 8.97. The fourth-order valence-electron chi connectivity index (χ4n) is 1.55. The number of likely N-dealkylation sites (tertiary alicyclic amines) is 1. The lowest BCUT2D eigenvalue weighted by Gasteiger charge is -2.29. The van der Waals surface area contributed by atoms with Crippen LogP contribution in [0.5, 0.6) is 0 Å². The van der Waals surface area contributed by atoms with Crippen LogP contribution in [0.1, 0.15) is 26.2 Å². The van der Waals surface area contributed by atoms with E-state index in [4.69, 9.17) is 0 Å². The van der Waals surface area contributed by atoms with Gasteiger partial charge in [-0.3, -0.25) is 4.79 Å². The molecule has 0 aromatic heterocycles. The number of carbonyl (C=O) groups excluding carboxylic acids is 1. The highest BCUT2D eigenvalue weighted by molar-refractivity contribution is 5.75. The van der Waals surface area contributed by atoms with Crippen LogP contribution in [0.2, 0.25) is 0 Å². The lowest BCUT2D eigenvalue weighted by atomic mass is 10.1. The average molecular weight is 171 g/mol. The van der Waals surface area contributed by atoms with Crippen LogP contribution in [0.25, 0.3) is 0 Å². The molecule has 0 radical (unpaired) electrons. The van der Waals surface area contributed by atoms with E-state index in [-0.39, 0.29) is 11.9 Å². The van der Waals surface area contributed by atoms with Gasteiger partial charge in [-0.2, -0.15) is 0 Å². The van der Waals surface area contributed by atoms with Crippen molar-refractivity contribution in [3.05, 3.63) is 0 Å². The maximum Gasteiger partial charge on any atom is 0.131 e. The van der Waals surface area contributed by atoms with E-state index in [1.807, 2.05) is 0 Å². The molecule has 1 N–H and O–H groups in total. The van der Waals surface area contributed by atoms with Gasteiger partial charge in [0.15, 0.2) is 0 Å². The highest BCUT2D eigenvalue weighted by atomic mass is 16.3. The Labute approximate surface area is 73.4 Å². The number of rotatable bonds is 3. The molecule has 0 aliphatic carbocycles. The fourth-order valence-corrected chi connectivity index (χ4v) is 1.55. The first kappa shape index (κ1) is 9.68. The van der Waals surface area contributed by atoms with Crippen molar-refractivity contribution in [3.8, 4) is 0 Å². The highest BCUT2D eigenvalue weighted by Gasteiger charge is 2.16. The molecule has 3 heteroatoms. The van der Waals surface area contributed by atoms with E-state index in [1.165, 1.54) is 0 Å². The summed E-state index contributed by atoms with van der Waals surface area (Å²) in [5, 5.41) is 9.32. The molecular formula is C9H17NO2. The fraction of sp³-hybridized carbons (Fsp3) is 0.889. The molecule has 0 aromatic rings. The van der Waals surface area contributed by atoms with Crippen LogP contribution in [0.4, 0.5) is 0 Å². The van der Waals surface area contributed by atoms with Gasteiger partial charge in [-0.1, -0.05) is 0 Å². The number of carbonyl (C=O) groups is 1. The average Bonchev–Trinajstić information content (AvgIpc) is 2.01. The van der Waals surface area contributed by atoms with Crippen LogP contribution in [0.3, 0.4) is 0 Å². The normalized spacial score (nSPS) is 25.7. The second-order valence-corrected chi connectivity index (χ2v) is 3.55. The smallest absolute Gasteiger partial charge is 0.131 e. The van der Waals surface area contributed by atoms with Crippen molar-refractivity contribution in [1.29, 1.82) is 0 Å². The summed E-state index contributed by atoms with van der Waals surface area (Å²) >= 11 is 0. The first-order valence-corrected chi connectivity index (χ1v) is 4.58. The van der Waals surface area contributed by atoms with Crippen molar-refractivity contribution >= 4 is 5.78 Å². The molecule has 70 valence electrons. The van der Waals surface area contributed by atoms with Crippen molar-refractivity contribution < 1.29 is 9.90 Å². The first-order chi connectivity index (χ1) is 5.68. The molecular weight excluding hydrogens is 154 g/mol. The maximum absolute atomic E-state index is 10.7. The SMILES string of the molecule is CC(=O)CCN1CCC[C@H](O)C1. The van der Waals surface area contributed by atoms with Gasteiger partial charge in [0.2, 0.25) is 0 Å². The number of hydrogen-bond acceptors (Lipinski definition) is 3. The van der Waals surface area contributed by atoms with Crippen molar-refractivity contribution in [2.75, 3.05) is 19.6 Å². The largest absolute Gasteiger partial charge is 0.392 e. The zero-order valence-electron chi connectivity index (χ0n) is 7.62. The Hall–Kier alpha value is -0.410. The molecule has 0 aromatic carbocycles. The van der Waals surface area contributed by atoms with Crippen LogP contribution < -0.4 is 0 Å². The lowest BCUT2D eigenvalue weighted by Crippen LogP contribution is -2.39. The number of piperidine rings is 1. The third-order valence-corrected chi connectivity index (χ3v) is 2.26. The molecule has 1 heterocycles. The van der Waals surface area contributed by atoms with Gasteiger partial charge in [-0.25, -0.2) is 0 Å². The summed E-state index contributed by atoms with van der Waals surface area (Å²) in [7, 11) is 0. The Kier molecular flexibility index (Phi) is 3.69. The summed E-state index contributed by atoms with van der Waals surface area (Å²) in [6, 6.07) is 0. The third kappa shape index (κ3) is 3.32. The van der Waals surface area contributed by atoms with Crippen LogP contribution in [-0.4, -0.2) is 41.5 Å².